The average Bonchev–Trinajstić information content (AvgIpc) is 2.68. The van der Waals surface area contributed by atoms with Gasteiger partial charge in [0.1, 0.15) is 6.54 Å². The van der Waals surface area contributed by atoms with Gasteiger partial charge in [-0.3, -0.25) is 14.6 Å². The van der Waals surface area contributed by atoms with E-state index in [-0.39, 0.29) is 18.0 Å². The minimum Gasteiger partial charge on any atom is -0.354 e. The Morgan fingerprint density at radius 2 is 1.89 bits per heavy atom. The highest BCUT2D eigenvalue weighted by molar-refractivity contribution is 5.75. The zero-order valence-corrected chi connectivity index (χ0v) is 15.3. The third kappa shape index (κ3) is 5.34. The second kappa shape index (κ2) is 8.89. The first-order valence-corrected chi connectivity index (χ1v) is 8.93. The van der Waals surface area contributed by atoms with E-state index in [2.05, 4.69) is 15.4 Å². The molecule has 0 unspecified atom stereocenters. The van der Waals surface area contributed by atoms with Gasteiger partial charge in [-0.1, -0.05) is 35.9 Å². The van der Waals surface area contributed by atoms with Crippen LogP contribution in [0.5, 0.6) is 0 Å². The van der Waals surface area contributed by atoms with Gasteiger partial charge in [-0.2, -0.15) is 5.10 Å². The Bertz CT molecular complexity index is 950. The number of hydrogen-bond acceptors (Lipinski definition) is 4. The van der Waals surface area contributed by atoms with Crippen molar-refractivity contribution >= 4 is 5.91 Å². The van der Waals surface area contributed by atoms with Crippen molar-refractivity contribution in [3.8, 4) is 11.3 Å². The quantitative estimate of drug-likeness (QED) is 0.655. The van der Waals surface area contributed by atoms with E-state index in [9.17, 15) is 9.59 Å². The molecular formula is C21H22N4O2. The largest absolute Gasteiger partial charge is 0.354 e. The molecule has 2 heterocycles. The van der Waals surface area contributed by atoms with Gasteiger partial charge in [0.2, 0.25) is 5.91 Å². The van der Waals surface area contributed by atoms with E-state index in [1.54, 1.807) is 12.3 Å². The minimum absolute atomic E-state index is 0.0951. The average molecular weight is 362 g/mol. The molecule has 0 saturated heterocycles. The van der Waals surface area contributed by atoms with E-state index < -0.39 is 0 Å². The summed E-state index contributed by atoms with van der Waals surface area (Å²) in [4.78, 5) is 28.4. The van der Waals surface area contributed by atoms with Gasteiger partial charge in [0.25, 0.3) is 5.56 Å². The van der Waals surface area contributed by atoms with Crippen LogP contribution in [0.4, 0.5) is 0 Å². The van der Waals surface area contributed by atoms with Crippen molar-refractivity contribution < 1.29 is 4.79 Å². The minimum atomic E-state index is -0.297. The first kappa shape index (κ1) is 18.5. The number of rotatable bonds is 7. The molecule has 6 heteroatoms. The fourth-order valence-electron chi connectivity index (χ4n) is 2.68. The molecule has 3 aromatic rings. The maximum absolute atomic E-state index is 12.1. The number of hydrogen-bond donors (Lipinski definition) is 1. The zero-order valence-electron chi connectivity index (χ0n) is 15.3. The lowest BCUT2D eigenvalue weighted by Crippen LogP contribution is -2.34. The number of pyridine rings is 1. The number of carbonyl (C=O) groups is 1. The summed E-state index contributed by atoms with van der Waals surface area (Å²) in [6.07, 6.45) is 3.34. The Labute approximate surface area is 157 Å². The van der Waals surface area contributed by atoms with Crippen LogP contribution in [-0.4, -0.2) is 27.2 Å². The summed E-state index contributed by atoms with van der Waals surface area (Å²) >= 11 is 0. The molecule has 0 bridgehead atoms. The first-order valence-electron chi connectivity index (χ1n) is 8.93. The molecule has 1 aromatic carbocycles. The predicted octanol–water partition coefficient (Wildman–Crippen LogP) is 2.36. The van der Waals surface area contributed by atoms with E-state index >= 15 is 0 Å². The number of nitrogens with one attached hydrogen (secondary N) is 1. The lowest BCUT2D eigenvalue weighted by molar-refractivity contribution is -0.121. The Morgan fingerprint density at radius 3 is 2.63 bits per heavy atom. The maximum Gasteiger partial charge on any atom is 0.267 e. The van der Waals surface area contributed by atoms with Crippen LogP contribution in [0.1, 0.15) is 17.7 Å². The second-order valence-corrected chi connectivity index (χ2v) is 6.36. The fourth-order valence-corrected chi connectivity index (χ4v) is 2.68. The van der Waals surface area contributed by atoms with Gasteiger partial charge >= 0.3 is 0 Å². The molecule has 1 amide bonds. The first-order chi connectivity index (χ1) is 13.1. The lowest BCUT2D eigenvalue weighted by atomic mass is 10.1. The zero-order chi connectivity index (χ0) is 19.1. The van der Waals surface area contributed by atoms with Crippen molar-refractivity contribution in [1.29, 1.82) is 0 Å². The number of aryl methyl sites for hydroxylation is 2. The van der Waals surface area contributed by atoms with E-state index in [0.717, 1.165) is 29.7 Å². The number of benzene rings is 1. The van der Waals surface area contributed by atoms with E-state index in [4.69, 9.17) is 0 Å². The summed E-state index contributed by atoms with van der Waals surface area (Å²) in [6.45, 7) is 2.44. The molecule has 0 aliphatic carbocycles. The number of amides is 1. The topological polar surface area (TPSA) is 76.9 Å². The summed E-state index contributed by atoms with van der Waals surface area (Å²) in [5.41, 5.74) is 3.42. The van der Waals surface area contributed by atoms with Gasteiger partial charge in [-0.25, -0.2) is 4.68 Å². The van der Waals surface area contributed by atoms with Gasteiger partial charge in [0.05, 0.1) is 5.69 Å². The highest BCUT2D eigenvalue weighted by Gasteiger charge is 2.08. The smallest absolute Gasteiger partial charge is 0.267 e. The molecule has 1 N–H and O–H groups in total. The Balaban J connectivity index is 1.56. The van der Waals surface area contributed by atoms with Crippen LogP contribution in [-0.2, 0) is 17.8 Å². The molecule has 6 nitrogen and oxygen atoms in total. The van der Waals surface area contributed by atoms with Crippen LogP contribution in [0.15, 0.2) is 65.6 Å². The monoisotopic (exact) mass is 362 g/mol. The van der Waals surface area contributed by atoms with Crippen LogP contribution in [0.3, 0.4) is 0 Å². The molecule has 0 saturated carbocycles. The maximum atomic E-state index is 12.1. The summed E-state index contributed by atoms with van der Waals surface area (Å²) in [5, 5.41) is 7.15. The SMILES string of the molecule is Cc1ccc(-c2ccc(=O)n(CC(=O)NCCCc3ccccn3)n2)cc1. The van der Waals surface area contributed by atoms with Crippen molar-refractivity contribution in [3.05, 3.63) is 82.4 Å². The van der Waals surface area contributed by atoms with Crippen LogP contribution in [0.2, 0.25) is 0 Å². The molecule has 3 rings (SSSR count). The standard InChI is InChI=1S/C21H22N4O2/c1-16-7-9-17(10-8-16)19-11-12-21(27)25(24-19)15-20(26)23-14-4-6-18-5-2-3-13-22-18/h2-3,5,7-13H,4,6,14-15H2,1H3,(H,23,26). The molecule has 27 heavy (non-hydrogen) atoms. The highest BCUT2D eigenvalue weighted by atomic mass is 16.2. The van der Waals surface area contributed by atoms with E-state index in [0.29, 0.717) is 12.2 Å². The second-order valence-electron chi connectivity index (χ2n) is 6.36. The lowest BCUT2D eigenvalue weighted by Gasteiger charge is -2.08. The molecule has 0 radical (unpaired) electrons. The number of aromatic nitrogens is 3. The van der Waals surface area contributed by atoms with Gasteiger partial charge in [-0.15, -0.1) is 0 Å². The van der Waals surface area contributed by atoms with E-state index in [1.807, 2.05) is 49.4 Å². The normalized spacial score (nSPS) is 10.6. The van der Waals surface area contributed by atoms with Crippen molar-refractivity contribution in [2.45, 2.75) is 26.3 Å². The molecule has 138 valence electrons. The molecule has 0 aliphatic heterocycles. The molecule has 0 fully saturated rings. The molecule has 0 atom stereocenters. The van der Waals surface area contributed by atoms with Crippen molar-refractivity contribution in [3.63, 3.8) is 0 Å². The van der Waals surface area contributed by atoms with Crippen LogP contribution in [0.25, 0.3) is 11.3 Å². The van der Waals surface area contributed by atoms with Gasteiger partial charge < -0.3 is 5.32 Å². The van der Waals surface area contributed by atoms with Crippen LogP contribution >= 0.6 is 0 Å². The Hall–Kier alpha value is -3.28. The molecule has 0 aliphatic rings. The Morgan fingerprint density at radius 1 is 1.07 bits per heavy atom. The highest BCUT2D eigenvalue weighted by Crippen LogP contribution is 2.15. The molecular weight excluding hydrogens is 340 g/mol. The predicted molar refractivity (Wildman–Crippen MR) is 104 cm³/mol. The van der Waals surface area contributed by atoms with Crippen molar-refractivity contribution in [2.24, 2.45) is 0 Å². The van der Waals surface area contributed by atoms with Crippen molar-refractivity contribution in [1.82, 2.24) is 20.1 Å². The van der Waals surface area contributed by atoms with Gasteiger partial charge in [0.15, 0.2) is 0 Å². The third-order valence-electron chi connectivity index (χ3n) is 4.17. The van der Waals surface area contributed by atoms with Gasteiger partial charge in [-0.05, 0) is 38.0 Å². The molecule has 2 aromatic heterocycles. The van der Waals surface area contributed by atoms with E-state index in [1.165, 1.54) is 10.7 Å². The summed E-state index contributed by atoms with van der Waals surface area (Å²) < 4.78 is 1.20. The number of carbonyl (C=O) groups excluding carboxylic acids is 1. The fraction of sp³-hybridized carbons (Fsp3) is 0.238. The third-order valence-corrected chi connectivity index (χ3v) is 4.17. The summed E-state index contributed by atoms with van der Waals surface area (Å²) in [6, 6.07) is 16.8. The van der Waals surface area contributed by atoms with Gasteiger partial charge in [0, 0.05) is 30.1 Å². The summed E-state index contributed by atoms with van der Waals surface area (Å²) in [7, 11) is 0. The van der Waals surface area contributed by atoms with Crippen LogP contribution in [0, 0.1) is 6.92 Å². The van der Waals surface area contributed by atoms with Crippen molar-refractivity contribution in [2.75, 3.05) is 6.54 Å². The van der Waals surface area contributed by atoms with Crippen LogP contribution < -0.4 is 10.9 Å². The molecule has 0 spiro atoms. The number of nitrogens with zero attached hydrogens (tertiary/aromatic N) is 3. The Kier molecular flexibility index (Phi) is 6.10. The summed E-state index contributed by atoms with van der Waals surface area (Å²) in [5.74, 6) is -0.230.